The number of benzene rings is 4. The van der Waals surface area contributed by atoms with Crippen LogP contribution in [0.2, 0.25) is 0 Å². The van der Waals surface area contributed by atoms with Crippen molar-refractivity contribution >= 4 is 90.8 Å². The number of imidazole rings is 1. The zero-order chi connectivity index (χ0) is 37.7. The first kappa shape index (κ1) is 35.8. The van der Waals surface area contributed by atoms with E-state index in [9.17, 15) is 19.2 Å². The van der Waals surface area contributed by atoms with E-state index in [-0.39, 0.29) is 22.9 Å². The number of aromatic nitrogens is 7. The third-order valence-corrected chi connectivity index (χ3v) is 10.9. The van der Waals surface area contributed by atoms with Crippen LogP contribution in [0.15, 0.2) is 111 Å². The predicted octanol–water partition coefficient (Wildman–Crippen LogP) is 7.60. The zero-order valence-electron chi connectivity index (χ0n) is 29.4. The molecule has 0 fully saturated rings. The second-order valence-electron chi connectivity index (χ2n) is 12.9. The van der Waals surface area contributed by atoms with Gasteiger partial charge in [0, 0.05) is 35.3 Å². The first-order valence-corrected chi connectivity index (χ1v) is 19.8. The molecule has 0 radical (unpaired) electrons. The summed E-state index contributed by atoms with van der Waals surface area (Å²) in [6.45, 7) is 0. The third-order valence-electron chi connectivity index (χ3n) is 8.98. The molecule has 0 bridgehead atoms. The highest BCUT2D eigenvalue weighted by Gasteiger charge is 2.12. The molecule has 8 rings (SSSR count). The SMILES string of the molecule is O=C(CCCSc1nc2ccccc2c(=O)[nH]1)Nc1cc2ccc(-c3ccc4c(=O)[nH]c(SCCCCC(=O)Nc5nc6ccccc6[nH]5)nc4c3)cc2[nH]1. The number of hydrogen-bond acceptors (Lipinski definition) is 9. The van der Waals surface area contributed by atoms with Gasteiger partial charge in [-0.25, -0.2) is 15.0 Å². The molecule has 2 amide bonds. The van der Waals surface area contributed by atoms with Crippen molar-refractivity contribution in [2.45, 2.75) is 42.4 Å². The number of thioether (sulfide) groups is 2. The number of carbonyl (C=O) groups is 2. The molecule has 0 saturated heterocycles. The second kappa shape index (κ2) is 16.0. The molecule has 0 unspecified atom stereocenters. The fourth-order valence-electron chi connectivity index (χ4n) is 6.25. The number of para-hydroxylation sites is 3. The maximum absolute atomic E-state index is 12.9. The predicted molar refractivity (Wildman–Crippen MR) is 220 cm³/mol. The number of fused-ring (bicyclic) bond motifs is 4. The van der Waals surface area contributed by atoms with E-state index in [2.05, 4.69) is 40.5 Å². The van der Waals surface area contributed by atoms with Gasteiger partial charge in [0.15, 0.2) is 10.3 Å². The average Bonchev–Trinajstić information content (AvgIpc) is 3.78. The van der Waals surface area contributed by atoms with Gasteiger partial charge in [-0.1, -0.05) is 66.0 Å². The van der Waals surface area contributed by atoms with Gasteiger partial charge < -0.3 is 25.3 Å². The molecule has 0 aliphatic heterocycles. The lowest BCUT2D eigenvalue weighted by molar-refractivity contribution is -0.117. The molecule has 0 aliphatic rings. The van der Waals surface area contributed by atoms with Crippen molar-refractivity contribution in [2.75, 3.05) is 22.1 Å². The first-order chi connectivity index (χ1) is 26.8. The van der Waals surface area contributed by atoms with Crippen molar-refractivity contribution in [3.05, 3.63) is 112 Å². The number of H-pyrrole nitrogens is 4. The lowest BCUT2D eigenvalue weighted by Crippen LogP contribution is -2.12. The van der Waals surface area contributed by atoms with Crippen molar-refractivity contribution in [1.82, 2.24) is 34.9 Å². The Hall–Kier alpha value is -6.19. The van der Waals surface area contributed by atoms with Gasteiger partial charge in [-0.05, 0) is 78.9 Å². The van der Waals surface area contributed by atoms with Gasteiger partial charge in [-0.3, -0.25) is 24.5 Å². The van der Waals surface area contributed by atoms with Gasteiger partial charge in [0.2, 0.25) is 17.8 Å². The Morgan fingerprint density at radius 1 is 0.564 bits per heavy atom. The molecule has 55 heavy (non-hydrogen) atoms. The van der Waals surface area contributed by atoms with Gasteiger partial charge in [0.25, 0.3) is 11.1 Å². The van der Waals surface area contributed by atoms with Gasteiger partial charge >= 0.3 is 0 Å². The van der Waals surface area contributed by atoms with Crippen LogP contribution in [-0.4, -0.2) is 58.2 Å². The van der Waals surface area contributed by atoms with Crippen LogP contribution in [0.3, 0.4) is 0 Å². The minimum Gasteiger partial charge on any atom is -0.341 e. The Kier molecular flexibility index (Phi) is 10.4. The van der Waals surface area contributed by atoms with Gasteiger partial charge in [0.1, 0.15) is 5.82 Å². The van der Waals surface area contributed by atoms with Crippen molar-refractivity contribution in [1.29, 1.82) is 0 Å². The average molecular weight is 770 g/mol. The Morgan fingerprint density at radius 2 is 1.22 bits per heavy atom. The molecule has 276 valence electrons. The number of rotatable bonds is 14. The van der Waals surface area contributed by atoms with Crippen LogP contribution in [0.1, 0.15) is 32.1 Å². The normalized spacial score (nSPS) is 11.5. The van der Waals surface area contributed by atoms with E-state index in [0.717, 1.165) is 39.5 Å². The number of hydrogen-bond donors (Lipinski definition) is 6. The van der Waals surface area contributed by atoms with Crippen LogP contribution in [0.5, 0.6) is 0 Å². The summed E-state index contributed by atoms with van der Waals surface area (Å²) in [6.07, 6.45) is 2.74. The minimum absolute atomic E-state index is 0.106. The molecule has 8 aromatic rings. The van der Waals surface area contributed by atoms with E-state index in [1.54, 1.807) is 18.2 Å². The highest BCUT2D eigenvalue weighted by atomic mass is 32.2. The van der Waals surface area contributed by atoms with Crippen LogP contribution >= 0.6 is 23.5 Å². The second-order valence-corrected chi connectivity index (χ2v) is 15.1. The van der Waals surface area contributed by atoms with Crippen molar-refractivity contribution in [3.8, 4) is 11.1 Å². The largest absolute Gasteiger partial charge is 0.341 e. The topological polar surface area (TPSA) is 194 Å². The maximum Gasteiger partial charge on any atom is 0.259 e. The molecule has 4 aromatic heterocycles. The Balaban J connectivity index is 0.833. The van der Waals surface area contributed by atoms with E-state index in [1.165, 1.54) is 23.5 Å². The number of nitrogens with zero attached hydrogens (tertiary/aromatic N) is 3. The van der Waals surface area contributed by atoms with E-state index in [0.29, 0.717) is 81.1 Å². The Bertz CT molecular complexity index is 2790. The summed E-state index contributed by atoms with van der Waals surface area (Å²) in [5.41, 5.74) is 5.22. The third kappa shape index (κ3) is 8.47. The van der Waals surface area contributed by atoms with Crippen LogP contribution in [0.25, 0.3) is 54.9 Å². The van der Waals surface area contributed by atoms with Gasteiger partial charge in [-0.2, -0.15) is 0 Å². The highest BCUT2D eigenvalue weighted by molar-refractivity contribution is 7.99. The van der Waals surface area contributed by atoms with E-state index in [1.807, 2.05) is 72.8 Å². The number of unbranched alkanes of at least 4 members (excludes halogenated alkanes) is 1. The monoisotopic (exact) mass is 769 g/mol. The molecular weight excluding hydrogens is 735 g/mol. The van der Waals surface area contributed by atoms with Gasteiger partial charge in [0.05, 0.1) is 32.8 Å². The molecular formula is C40H35N9O4S2. The van der Waals surface area contributed by atoms with Crippen molar-refractivity contribution in [2.24, 2.45) is 0 Å². The number of carbonyl (C=O) groups excluding carboxylic acids is 2. The standard InChI is InChI=1S/C40H35N9O4S2/c50-34(13-7-19-55-39-44-28-9-2-1-8-26(28)36(52)48-39)46-33-22-25-15-14-23(20-31(25)41-33)24-16-17-27-32(21-24)45-40(49-37(27)53)54-18-6-5-12-35(51)47-38-42-29-10-3-4-11-30(29)43-38/h1-4,8-11,14-17,20-22,41H,5-7,12-13,18-19H2,(H,46,50)(H,44,48,52)(H,45,49,53)(H2,42,43,47,51). The summed E-state index contributed by atoms with van der Waals surface area (Å²) >= 11 is 2.87. The molecule has 13 nitrogen and oxygen atoms in total. The summed E-state index contributed by atoms with van der Waals surface area (Å²) < 4.78 is 0. The number of amides is 2. The summed E-state index contributed by atoms with van der Waals surface area (Å²) in [5.74, 6) is 2.14. The Labute approximate surface area is 321 Å². The molecule has 4 aromatic carbocycles. The molecule has 0 saturated carbocycles. The molecule has 4 heterocycles. The van der Waals surface area contributed by atoms with E-state index < -0.39 is 0 Å². The van der Waals surface area contributed by atoms with E-state index >= 15 is 0 Å². The lowest BCUT2D eigenvalue weighted by Gasteiger charge is -2.06. The molecule has 0 aliphatic carbocycles. The van der Waals surface area contributed by atoms with Crippen LogP contribution in [-0.2, 0) is 9.59 Å². The smallest absolute Gasteiger partial charge is 0.259 e. The number of aromatic amines is 4. The van der Waals surface area contributed by atoms with Crippen molar-refractivity contribution in [3.63, 3.8) is 0 Å². The molecule has 6 N–H and O–H groups in total. The van der Waals surface area contributed by atoms with Crippen LogP contribution in [0.4, 0.5) is 11.8 Å². The zero-order valence-corrected chi connectivity index (χ0v) is 31.0. The summed E-state index contributed by atoms with van der Waals surface area (Å²) in [4.78, 5) is 76.1. The molecule has 15 heteroatoms. The number of anilines is 2. The lowest BCUT2D eigenvalue weighted by atomic mass is 10.0. The fourth-order valence-corrected chi connectivity index (χ4v) is 7.93. The fraction of sp³-hybridized carbons (Fsp3) is 0.175. The summed E-state index contributed by atoms with van der Waals surface area (Å²) in [5, 5.41) is 8.84. The van der Waals surface area contributed by atoms with Gasteiger partial charge in [-0.15, -0.1) is 0 Å². The van der Waals surface area contributed by atoms with E-state index in [4.69, 9.17) is 4.98 Å². The van der Waals surface area contributed by atoms with Crippen LogP contribution < -0.4 is 21.8 Å². The highest BCUT2D eigenvalue weighted by Crippen LogP contribution is 2.29. The molecule has 0 spiro atoms. The summed E-state index contributed by atoms with van der Waals surface area (Å²) in [7, 11) is 0. The summed E-state index contributed by atoms with van der Waals surface area (Å²) in [6, 6.07) is 28.3. The molecule has 0 atom stereocenters. The Morgan fingerprint density at radius 3 is 2.04 bits per heavy atom. The number of nitrogens with one attached hydrogen (secondary N) is 6. The maximum atomic E-state index is 12.9. The van der Waals surface area contributed by atoms with Crippen molar-refractivity contribution < 1.29 is 9.59 Å². The quantitative estimate of drug-likeness (QED) is 0.0367. The first-order valence-electron chi connectivity index (χ1n) is 17.8. The van der Waals surface area contributed by atoms with Crippen LogP contribution in [0, 0.1) is 0 Å². The minimum atomic E-state index is -0.205.